The summed E-state index contributed by atoms with van der Waals surface area (Å²) in [7, 11) is 0. The summed E-state index contributed by atoms with van der Waals surface area (Å²) in [6.07, 6.45) is 1.23. The van der Waals surface area contributed by atoms with Gasteiger partial charge in [0, 0.05) is 6.20 Å². The van der Waals surface area contributed by atoms with Crippen LogP contribution in [0.3, 0.4) is 0 Å². The van der Waals surface area contributed by atoms with Crippen LogP contribution in [-0.4, -0.2) is 9.97 Å². The average molecular weight is 319 g/mol. The third kappa shape index (κ3) is 2.64. The molecule has 3 nitrogen and oxygen atoms in total. The molecule has 2 rings (SSSR count). The average Bonchev–Trinajstić information content (AvgIpc) is 2.48. The van der Waals surface area contributed by atoms with Gasteiger partial charge < -0.3 is 11.1 Å². The lowest BCUT2D eigenvalue weighted by molar-refractivity contribution is 0.382. The predicted molar refractivity (Wildman–Crippen MR) is 69.6 cm³/mol. The molecule has 0 spiro atoms. The smallest absolute Gasteiger partial charge is 0.200 e. The van der Waals surface area contributed by atoms with Crippen LogP contribution in [0.25, 0.3) is 0 Å². The number of pyridine rings is 1. The minimum Gasteiger partial charge on any atom is -0.389 e. The minimum atomic E-state index is -2.24. The highest BCUT2D eigenvalue weighted by molar-refractivity contribution is 7.80. The maximum Gasteiger partial charge on any atom is 0.200 e. The van der Waals surface area contributed by atoms with Crippen LogP contribution in [0.4, 0.5) is 33.5 Å². The summed E-state index contributed by atoms with van der Waals surface area (Å²) >= 11 is 4.71. The van der Waals surface area contributed by atoms with Gasteiger partial charge in [-0.25, -0.2) is 26.9 Å². The molecule has 21 heavy (non-hydrogen) atoms. The summed E-state index contributed by atoms with van der Waals surface area (Å²) in [4.78, 5) is 3.55. The fraction of sp³-hybridized carbons (Fsp3) is 0. The Morgan fingerprint density at radius 2 is 1.52 bits per heavy atom. The first-order chi connectivity index (χ1) is 9.84. The Bertz CT molecular complexity index is 706. The highest BCUT2D eigenvalue weighted by Gasteiger charge is 2.26. The molecular weight excluding hydrogens is 313 g/mol. The number of nitrogens with one attached hydrogen (secondary N) is 1. The standard InChI is InChI=1S/C12H6F5N3S/c13-5-6(14)8(16)10(9(17)7(5)15)20-12-4(11(18)21)2-1-3-19-12/h1-3H,(H2,18,21)(H,19,20). The lowest BCUT2D eigenvalue weighted by atomic mass is 10.2. The van der Waals surface area contributed by atoms with Gasteiger partial charge >= 0.3 is 0 Å². The molecule has 1 heterocycles. The van der Waals surface area contributed by atoms with Crippen molar-refractivity contribution < 1.29 is 22.0 Å². The Morgan fingerprint density at radius 3 is 2.05 bits per heavy atom. The molecule has 0 fully saturated rings. The van der Waals surface area contributed by atoms with Crippen molar-refractivity contribution in [2.24, 2.45) is 5.73 Å². The highest BCUT2D eigenvalue weighted by atomic mass is 32.1. The van der Waals surface area contributed by atoms with E-state index >= 15 is 0 Å². The second-order valence-electron chi connectivity index (χ2n) is 3.83. The first kappa shape index (κ1) is 15.1. The number of hydrogen-bond acceptors (Lipinski definition) is 3. The van der Waals surface area contributed by atoms with E-state index < -0.39 is 34.8 Å². The van der Waals surface area contributed by atoms with Gasteiger partial charge in [0.05, 0.1) is 5.56 Å². The number of anilines is 2. The number of thiocarbonyl (C=S) groups is 1. The first-order valence-electron chi connectivity index (χ1n) is 5.37. The molecule has 0 saturated heterocycles. The molecule has 110 valence electrons. The van der Waals surface area contributed by atoms with E-state index in [1.807, 2.05) is 5.32 Å². The van der Waals surface area contributed by atoms with Crippen LogP contribution in [0.5, 0.6) is 0 Å². The lowest BCUT2D eigenvalue weighted by Crippen LogP contribution is -2.14. The van der Waals surface area contributed by atoms with Crippen LogP contribution in [0, 0.1) is 29.1 Å². The predicted octanol–water partition coefficient (Wildman–Crippen LogP) is 3.15. The van der Waals surface area contributed by atoms with Crippen LogP contribution in [0.1, 0.15) is 5.56 Å². The third-order valence-electron chi connectivity index (χ3n) is 2.53. The zero-order valence-electron chi connectivity index (χ0n) is 10.1. The number of hydrogen-bond donors (Lipinski definition) is 2. The molecule has 0 aliphatic rings. The summed E-state index contributed by atoms with van der Waals surface area (Å²) in [6, 6.07) is 2.82. The molecule has 0 atom stereocenters. The monoisotopic (exact) mass is 319 g/mol. The highest BCUT2D eigenvalue weighted by Crippen LogP contribution is 2.29. The molecule has 9 heteroatoms. The number of benzene rings is 1. The summed E-state index contributed by atoms with van der Waals surface area (Å²) in [6.45, 7) is 0. The summed E-state index contributed by atoms with van der Waals surface area (Å²) < 4.78 is 66.2. The van der Waals surface area contributed by atoms with Gasteiger partial charge in [0.15, 0.2) is 23.3 Å². The topological polar surface area (TPSA) is 50.9 Å². The van der Waals surface area contributed by atoms with Gasteiger partial charge in [0.2, 0.25) is 5.82 Å². The van der Waals surface area contributed by atoms with E-state index in [1.165, 1.54) is 18.3 Å². The maximum atomic E-state index is 13.5. The molecule has 1 aromatic heterocycles. The summed E-state index contributed by atoms with van der Waals surface area (Å²) in [5, 5.41) is 2.02. The van der Waals surface area contributed by atoms with Gasteiger partial charge in [-0.15, -0.1) is 0 Å². The van der Waals surface area contributed by atoms with Crippen molar-refractivity contribution in [2.75, 3.05) is 5.32 Å². The second-order valence-corrected chi connectivity index (χ2v) is 4.27. The van der Waals surface area contributed by atoms with E-state index in [1.54, 1.807) is 0 Å². The summed E-state index contributed by atoms with van der Waals surface area (Å²) in [5.74, 6) is -10.6. The lowest BCUT2D eigenvalue weighted by Gasteiger charge is -2.12. The van der Waals surface area contributed by atoms with E-state index in [9.17, 15) is 22.0 Å². The number of rotatable bonds is 3. The van der Waals surface area contributed by atoms with Crippen LogP contribution >= 0.6 is 12.2 Å². The zero-order chi connectivity index (χ0) is 15.7. The van der Waals surface area contributed by atoms with Gasteiger partial charge in [-0.3, -0.25) is 0 Å². The zero-order valence-corrected chi connectivity index (χ0v) is 10.9. The molecule has 0 amide bonds. The van der Waals surface area contributed by atoms with Crippen molar-refractivity contribution in [2.45, 2.75) is 0 Å². The van der Waals surface area contributed by atoms with Gasteiger partial charge in [0.25, 0.3) is 0 Å². The SMILES string of the molecule is NC(=S)c1cccnc1Nc1c(F)c(F)c(F)c(F)c1F. The van der Waals surface area contributed by atoms with Gasteiger partial charge in [0.1, 0.15) is 16.5 Å². The van der Waals surface area contributed by atoms with Crippen molar-refractivity contribution in [1.82, 2.24) is 4.98 Å². The number of nitrogens with two attached hydrogens (primary N) is 1. The van der Waals surface area contributed by atoms with Crippen molar-refractivity contribution in [3.63, 3.8) is 0 Å². The first-order valence-corrected chi connectivity index (χ1v) is 5.78. The number of halogens is 5. The number of aromatic nitrogens is 1. The van der Waals surface area contributed by atoms with E-state index in [0.717, 1.165) is 0 Å². The fourth-order valence-corrected chi connectivity index (χ4v) is 1.70. The van der Waals surface area contributed by atoms with Crippen molar-refractivity contribution >= 4 is 28.7 Å². The van der Waals surface area contributed by atoms with Crippen LogP contribution in [-0.2, 0) is 0 Å². The Balaban J connectivity index is 2.58. The molecule has 1 aromatic carbocycles. The molecule has 0 aliphatic heterocycles. The van der Waals surface area contributed by atoms with E-state index in [4.69, 9.17) is 18.0 Å². The Kier molecular flexibility index (Phi) is 4.03. The fourth-order valence-electron chi connectivity index (χ4n) is 1.54. The van der Waals surface area contributed by atoms with E-state index in [-0.39, 0.29) is 16.4 Å². The van der Waals surface area contributed by atoms with E-state index in [0.29, 0.717) is 0 Å². The Hall–Kier alpha value is -2.29. The second kappa shape index (κ2) is 5.60. The molecular formula is C12H6F5N3S. The molecule has 0 aliphatic carbocycles. The molecule has 3 N–H and O–H groups in total. The van der Waals surface area contributed by atoms with Crippen molar-refractivity contribution in [3.8, 4) is 0 Å². The van der Waals surface area contributed by atoms with E-state index in [2.05, 4.69) is 4.98 Å². The van der Waals surface area contributed by atoms with Gasteiger partial charge in [-0.2, -0.15) is 0 Å². The normalized spacial score (nSPS) is 10.5. The molecule has 0 radical (unpaired) electrons. The van der Waals surface area contributed by atoms with Crippen LogP contribution < -0.4 is 11.1 Å². The van der Waals surface area contributed by atoms with Crippen LogP contribution in [0.2, 0.25) is 0 Å². The van der Waals surface area contributed by atoms with Gasteiger partial charge in [-0.1, -0.05) is 12.2 Å². The maximum absolute atomic E-state index is 13.5. The molecule has 0 bridgehead atoms. The Labute approximate surface area is 120 Å². The quantitative estimate of drug-likeness (QED) is 0.395. The van der Waals surface area contributed by atoms with Gasteiger partial charge in [-0.05, 0) is 12.1 Å². The van der Waals surface area contributed by atoms with Crippen LogP contribution in [0.15, 0.2) is 18.3 Å². The molecule has 2 aromatic rings. The number of nitrogens with zero attached hydrogens (tertiary/aromatic N) is 1. The summed E-state index contributed by atoms with van der Waals surface area (Å²) in [5.41, 5.74) is 4.24. The molecule has 0 unspecified atom stereocenters. The minimum absolute atomic E-state index is 0.0939. The largest absolute Gasteiger partial charge is 0.389 e. The third-order valence-corrected chi connectivity index (χ3v) is 2.75. The van der Waals surface area contributed by atoms with Crippen molar-refractivity contribution in [1.29, 1.82) is 0 Å². The Morgan fingerprint density at radius 1 is 1.00 bits per heavy atom. The molecule has 0 saturated carbocycles. The van der Waals surface area contributed by atoms with Crippen molar-refractivity contribution in [3.05, 3.63) is 53.0 Å².